The van der Waals surface area contributed by atoms with Gasteiger partial charge in [0.15, 0.2) is 0 Å². The Kier molecular flexibility index (Phi) is 8.71. The first kappa shape index (κ1) is 27.3. The second-order valence-electron chi connectivity index (χ2n) is 9.43. The fourth-order valence-corrected chi connectivity index (χ4v) is 5.32. The van der Waals surface area contributed by atoms with Gasteiger partial charge < -0.3 is 20.1 Å². The van der Waals surface area contributed by atoms with Crippen LogP contribution in [-0.2, 0) is 10.5 Å². The van der Waals surface area contributed by atoms with Crippen LogP contribution in [0.1, 0.15) is 43.9 Å². The first-order valence-corrected chi connectivity index (χ1v) is 14.3. The Labute approximate surface area is 238 Å². The molecule has 2 N–H and O–H groups in total. The molecule has 1 aliphatic heterocycles. The number of thioether (sulfide) groups is 1. The van der Waals surface area contributed by atoms with Gasteiger partial charge >= 0.3 is 0 Å². The molecule has 0 spiro atoms. The number of nitrogens with zero attached hydrogens (tertiary/aromatic N) is 3. The molecule has 1 atom stereocenters. The van der Waals surface area contributed by atoms with Crippen LogP contribution in [-0.4, -0.2) is 34.4 Å². The van der Waals surface area contributed by atoms with Crippen molar-refractivity contribution >= 4 is 29.3 Å². The standard InChI is InChI=1S/C31H33N5O3S/c1-4-5-19-39-24-17-15-23(16-18-24)28-27(29(37)33-25-13-9-10-14-26(25)38-3)21(2)32-30-34-31(35-36(28)30)40-20-22-11-7-6-8-12-22/h6-18,28H,4-5,19-20H2,1-3H3,(H,33,37)(H,32,34,35). The van der Waals surface area contributed by atoms with Crippen LogP contribution < -0.4 is 20.1 Å². The van der Waals surface area contributed by atoms with E-state index in [1.807, 2.05) is 73.7 Å². The van der Waals surface area contributed by atoms with Crippen molar-refractivity contribution in [3.8, 4) is 11.5 Å². The monoisotopic (exact) mass is 555 g/mol. The Morgan fingerprint density at radius 2 is 1.80 bits per heavy atom. The minimum absolute atomic E-state index is 0.248. The van der Waals surface area contributed by atoms with Crippen molar-refractivity contribution in [1.29, 1.82) is 0 Å². The minimum Gasteiger partial charge on any atom is -0.495 e. The van der Waals surface area contributed by atoms with Crippen LogP contribution >= 0.6 is 11.8 Å². The largest absolute Gasteiger partial charge is 0.495 e. The van der Waals surface area contributed by atoms with Gasteiger partial charge in [0, 0.05) is 11.4 Å². The number of hydrogen-bond acceptors (Lipinski definition) is 7. The molecule has 1 aliphatic rings. The number of hydrogen-bond donors (Lipinski definition) is 2. The van der Waals surface area contributed by atoms with E-state index in [-0.39, 0.29) is 5.91 Å². The number of methoxy groups -OCH3 is 1. The molecule has 2 heterocycles. The van der Waals surface area contributed by atoms with Crippen LogP contribution in [0.5, 0.6) is 11.5 Å². The van der Waals surface area contributed by atoms with Gasteiger partial charge in [-0.3, -0.25) is 4.79 Å². The molecular formula is C31H33N5O3S. The van der Waals surface area contributed by atoms with Crippen LogP contribution in [0, 0.1) is 0 Å². The maximum Gasteiger partial charge on any atom is 0.255 e. The first-order chi connectivity index (χ1) is 19.6. The molecule has 0 bridgehead atoms. The molecule has 3 aromatic carbocycles. The Hall–Kier alpha value is -4.24. The molecule has 8 nitrogen and oxygen atoms in total. The van der Waals surface area contributed by atoms with E-state index in [1.54, 1.807) is 23.6 Å². The van der Waals surface area contributed by atoms with Gasteiger partial charge in [0.2, 0.25) is 11.1 Å². The third-order valence-corrected chi connectivity index (χ3v) is 7.51. The average molecular weight is 556 g/mol. The quantitative estimate of drug-likeness (QED) is 0.157. The summed E-state index contributed by atoms with van der Waals surface area (Å²) in [5, 5.41) is 11.8. The molecule has 0 radical (unpaired) electrons. The minimum atomic E-state index is -0.491. The Morgan fingerprint density at radius 3 is 2.55 bits per heavy atom. The molecule has 40 heavy (non-hydrogen) atoms. The molecule has 1 unspecified atom stereocenters. The summed E-state index contributed by atoms with van der Waals surface area (Å²) in [5.74, 6) is 2.47. The van der Waals surface area contributed by atoms with Crippen LogP contribution in [0.3, 0.4) is 0 Å². The third kappa shape index (κ3) is 6.15. The first-order valence-electron chi connectivity index (χ1n) is 13.4. The van der Waals surface area contributed by atoms with E-state index in [2.05, 4.69) is 29.7 Å². The number of unbranched alkanes of at least 4 members (excludes halogenated alkanes) is 1. The van der Waals surface area contributed by atoms with E-state index >= 15 is 0 Å². The number of allylic oxidation sites excluding steroid dienone is 1. The number of carbonyl (C=O) groups excluding carboxylic acids is 1. The predicted molar refractivity (Wildman–Crippen MR) is 159 cm³/mol. The van der Waals surface area contributed by atoms with Gasteiger partial charge in [0.05, 0.1) is 25.0 Å². The molecule has 4 aromatic rings. The number of para-hydroxylation sites is 2. The molecular weight excluding hydrogens is 522 g/mol. The number of anilines is 2. The lowest BCUT2D eigenvalue weighted by Crippen LogP contribution is -2.31. The van der Waals surface area contributed by atoms with E-state index in [9.17, 15) is 4.79 Å². The van der Waals surface area contributed by atoms with Gasteiger partial charge in [-0.25, -0.2) is 4.68 Å². The lowest BCUT2D eigenvalue weighted by Gasteiger charge is -2.29. The number of fused-ring (bicyclic) bond motifs is 1. The Morgan fingerprint density at radius 1 is 1.05 bits per heavy atom. The average Bonchev–Trinajstić information content (AvgIpc) is 3.39. The highest BCUT2D eigenvalue weighted by atomic mass is 32.2. The van der Waals surface area contributed by atoms with Crippen molar-refractivity contribution in [2.75, 3.05) is 24.4 Å². The molecule has 1 aromatic heterocycles. The normalized spacial score (nSPS) is 14.3. The zero-order chi connectivity index (χ0) is 27.9. The number of benzene rings is 3. The summed E-state index contributed by atoms with van der Waals surface area (Å²) >= 11 is 1.56. The highest BCUT2D eigenvalue weighted by Gasteiger charge is 2.34. The highest BCUT2D eigenvalue weighted by molar-refractivity contribution is 7.98. The summed E-state index contributed by atoms with van der Waals surface area (Å²) in [5.41, 5.74) is 3.94. The van der Waals surface area contributed by atoms with Gasteiger partial charge in [-0.05, 0) is 48.7 Å². The van der Waals surface area contributed by atoms with Crippen molar-refractivity contribution in [1.82, 2.24) is 14.8 Å². The molecule has 1 amide bonds. The van der Waals surface area contributed by atoms with E-state index in [0.717, 1.165) is 29.9 Å². The fraction of sp³-hybridized carbons (Fsp3) is 0.258. The summed E-state index contributed by atoms with van der Waals surface area (Å²) < 4.78 is 13.1. The van der Waals surface area contributed by atoms with Crippen molar-refractivity contribution in [2.24, 2.45) is 0 Å². The molecule has 5 rings (SSSR count). The van der Waals surface area contributed by atoms with E-state index < -0.39 is 6.04 Å². The summed E-state index contributed by atoms with van der Waals surface area (Å²) in [6, 6.07) is 25.0. The van der Waals surface area contributed by atoms with Gasteiger partial charge in [-0.2, -0.15) is 4.98 Å². The number of carbonyl (C=O) groups is 1. The smallest absolute Gasteiger partial charge is 0.255 e. The van der Waals surface area contributed by atoms with E-state index in [0.29, 0.717) is 40.4 Å². The number of rotatable bonds is 11. The summed E-state index contributed by atoms with van der Waals surface area (Å²) in [4.78, 5) is 18.6. The lowest BCUT2D eigenvalue weighted by atomic mass is 9.95. The SMILES string of the molecule is CCCCOc1ccc(C2C(C(=O)Nc3ccccc3OC)=C(C)Nc3nc(SCc4ccccc4)nn32)cc1. The highest BCUT2D eigenvalue weighted by Crippen LogP contribution is 2.38. The van der Waals surface area contributed by atoms with Crippen molar-refractivity contribution in [2.45, 2.75) is 43.6 Å². The number of amides is 1. The maximum atomic E-state index is 13.8. The maximum absolute atomic E-state index is 13.8. The lowest BCUT2D eigenvalue weighted by molar-refractivity contribution is -0.113. The topological polar surface area (TPSA) is 90.3 Å². The van der Waals surface area contributed by atoms with Gasteiger partial charge in [-0.1, -0.05) is 79.7 Å². The summed E-state index contributed by atoms with van der Waals surface area (Å²) in [7, 11) is 1.58. The zero-order valence-corrected chi connectivity index (χ0v) is 23.7. The molecule has 0 fully saturated rings. The third-order valence-electron chi connectivity index (χ3n) is 6.61. The van der Waals surface area contributed by atoms with Gasteiger partial charge in [-0.15, -0.1) is 5.10 Å². The summed E-state index contributed by atoms with van der Waals surface area (Å²) in [6.07, 6.45) is 2.07. The molecule has 206 valence electrons. The Bertz CT molecular complexity index is 1480. The van der Waals surface area contributed by atoms with Crippen molar-refractivity contribution in [3.63, 3.8) is 0 Å². The predicted octanol–water partition coefficient (Wildman–Crippen LogP) is 6.69. The van der Waals surface area contributed by atoms with Gasteiger partial charge in [0.1, 0.15) is 17.5 Å². The van der Waals surface area contributed by atoms with Crippen molar-refractivity contribution in [3.05, 3.63) is 101 Å². The van der Waals surface area contributed by atoms with Crippen LogP contribution in [0.25, 0.3) is 0 Å². The fourth-order valence-electron chi connectivity index (χ4n) is 4.54. The summed E-state index contributed by atoms with van der Waals surface area (Å²) in [6.45, 7) is 4.70. The zero-order valence-electron chi connectivity index (χ0n) is 22.9. The molecule has 0 aliphatic carbocycles. The molecule has 9 heteroatoms. The van der Waals surface area contributed by atoms with Crippen LogP contribution in [0.15, 0.2) is 95.3 Å². The Balaban J connectivity index is 1.47. The van der Waals surface area contributed by atoms with Crippen LogP contribution in [0.2, 0.25) is 0 Å². The van der Waals surface area contributed by atoms with E-state index in [4.69, 9.17) is 19.6 Å². The molecule has 0 saturated heterocycles. The second kappa shape index (κ2) is 12.7. The van der Waals surface area contributed by atoms with Crippen LogP contribution in [0.4, 0.5) is 11.6 Å². The number of aromatic nitrogens is 3. The van der Waals surface area contributed by atoms with E-state index in [1.165, 1.54) is 5.56 Å². The second-order valence-corrected chi connectivity index (χ2v) is 10.4. The number of nitrogens with one attached hydrogen (secondary N) is 2. The van der Waals surface area contributed by atoms with Gasteiger partial charge in [0.25, 0.3) is 5.91 Å². The molecule has 0 saturated carbocycles. The van der Waals surface area contributed by atoms with Crippen molar-refractivity contribution < 1.29 is 14.3 Å². The number of ether oxygens (including phenoxy) is 2.